The number of likely N-dealkylation sites (tertiary alicyclic amines) is 1. The molecule has 2 atom stereocenters. The second-order valence-electron chi connectivity index (χ2n) is 5.60. The zero-order valence-corrected chi connectivity index (χ0v) is 12.5. The van der Waals surface area contributed by atoms with Gasteiger partial charge in [0.05, 0.1) is 6.20 Å². The topological polar surface area (TPSA) is 53.1 Å². The van der Waals surface area contributed by atoms with E-state index in [1.54, 1.807) is 0 Å². The molecule has 5 nitrogen and oxygen atoms in total. The van der Waals surface area contributed by atoms with Gasteiger partial charge in [-0.1, -0.05) is 13.8 Å². The summed E-state index contributed by atoms with van der Waals surface area (Å²) in [6.45, 7) is 7.08. The molecular formula is C14H24FN5. The summed E-state index contributed by atoms with van der Waals surface area (Å²) >= 11 is 0. The van der Waals surface area contributed by atoms with Crippen LogP contribution in [0.2, 0.25) is 0 Å². The third-order valence-corrected chi connectivity index (χ3v) is 3.71. The molecule has 0 amide bonds. The first kappa shape index (κ1) is 15.0. The summed E-state index contributed by atoms with van der Waals surface area (Å²) in [5.74, 6) is 0.865. The molecule has 6 heteroatoms. The summed E-state index contributed by atoms with van der Waals surface area (Å²) in [6.07, 6.45) is 3.21. The van der Waals surface area contributed by atoms with Gasteiger partial charge in [-0.25, -0.2) is 9.37 Å². The SMILES string of the molecule is CCCNc1ncc(F)c(NC2CCN(C)CC2C)n1. The van der Waals surface area contributed by atoms with Gasteiger partial charge in [0, 0.05) is 19.1 Å². The maximum absolute atomic E-state index is 13.8. The molecule has 1 aromatic heterocycles. The lowest BCUT2D eigenvalue weighted by Gasteiger charge is -2.35. The maximum atomic E-state index is 13.8. The van der Waals surface area contributed by atoms with Crippen molar-refractivity contribution >= 4 is 11.8 Å². The quantitative estimate of drug-likeness (QED) is 0.866. The van der Waals surface area contributed by atoms with E-state index in [1.807, 2.05) is 0 Å². The molecule has 1 saturated heterocycles. The third kappa shape index (κ3) is 3.79. The first-order chi connectivity index (χ1) is 9.60. The molecule has 0 radical (unpaired) electrons. The largest absolute Gasteiger partial charge is 0.364 e. The predicted octanol–water partition coefficient (Wildman–Crippen LogP) is 2.19. The molecule has 0 spiro atoms. The molecule has 1 aliphatic heterocycles. The molecular weight excluding hydrogens is 257 g/mol. The van der Waals surface area contributed by atoms with Crippen molar-refractivity contribution in [3.63, 3.8) is 0 Å². The molecule has 0 aliphatic carbocycles. The number of nitrogens with one attached hydrogen (secondary N) is 2. The highest BCUT2D eigenvalue weighted by atomic mass is 19.1. The Balaban J connectivity index is 2.04. The first-order valence-electron chi connectivity index (χ1n) is 7.31. The summed E-state index contributed by atoms with van der Waals surface area (Å²) in [5, 5.41) is 6.32. The van der Waals surface area contributed by atoms with Gasteiger partial charge in [0.1, 0.15) is 0 Å². The Kier molecular flexibility index (Phi) is 5.11. The van der Waals surface area contributed by atoms with Crippen LogP contribution in [0.4, 0.5) is 16.2 Å². The fraction of sp³-hybridized carbons (Fsp3) is 0.714. The van der Waals surface area contributed by atoms with Crippen molar-refractivity contribution in [1.29, 1.82) is 0 Å². The van der Waals surface area contributed by atoms with E-state index in [9.17, 15) is 4.39 Å². The highest BCUT2D eigenvalue weighted by molar-refractivity contribution is 5.42. The van der Waals surface area contributed by atoms with Gasteiger partial charge in [-0.3, -0.25) is 0 Å². The Morgan fingerprint density at radius 3 is 3.00 bits per heavy atom. The van der Waals surface area contributed by atoms with Gasteiger partial charge in [-0.15, -0.1) is 0 Å². The van der Waals surface area contributed by atoms with Crippen molar-refractivity contribution in [2.45, 2.75) is 32.7 Å². The molecule has 1 aromatic rings. The van der Waals surface area contributed by atoms with E-state index < -0.39 is 5.82 Å². The molecule has 2 heterocycles. The zero-order chi connectivity index (χ0) is 14.5. The number of nitrogens with zero attached hydrogens (tertiary/aromatic N) is 3. The van der Waals surface area contributed by atoms with E-state index in [-0.39, 0.29) is 6.04 Å². The lowest BCUT2D eigenvalue weighted by Crippen LogP contribution is -2.43. The van der Waals surface area contributed by atoms with Crippen LogP contribution in [0.25, 0.3) is 0 Å². The van der Waals surface area contributed by atoms with Gasteiger partial charge in [-0.05, 0) is 32.4 Å². The van der Waals surface area contributed by atoms with E-state index in [0.29, 0.717) is 17.7 Å². The third-order valence-electron chi connectivity index (χ3n) is 3.71. The number of anilines is 2. The minimum absolute atomic E-state index is 0.259. The van der Waals surface area contributed by atoms with Gasteiger partial charge in [0.2, 0.25) is 5.95 Å². The van der Waals surface area contributed by atoms with Crippen molar-refractivity contribution in [3.8, 4) is 0 Å². The average Bonchev–Trinajstić information content (AvgIpc) is 2.42. The Labute approximate surface area is 120 Å². The summed E-state index contributed by atoms with van der Waals surface area (Å²) in [7, 11) is 2.12. The fourth-order valence-corrected chi connectivity index (χ4v) is 2.53. The van der Waals surface area contributed by atoms with Crippen LogP contribution >= 0.6 is 0 Å². The normalized spacial score (nSPS) is 23.6. The van der Waals surface area contributed by atoms with Gasteiger partial charge >= 0.3 is 0 Å². The lowest BCUT2D eigenvalue weighted by molar-refractivity contribution is 0.205. The predicted molar refractivity (Wildman–Crippen MR) is 79.5 cm³/mol. The van der Waals surface area contributed by atoms with Crippen LogP contribution in [0, 0.1) is 11.7 Å². The molecule has 0 aromatic carbocycles. The van der Waals surface area contributed by atoms with Crippen molar-refractivity contribution < 1.29 is 4.39 Å². The second kappa shape index (κ2) is 6.83. The van der Waals surface area contributed by atoms with Gasteiger partial charge in [0.15, 0.2) is 11.6 Å². The number of piperidine rings is 1. The summed E-state index contributed by atoms with van der Waals surface area (Å²) in [6, 6.07) is 0.259. The lowest BCUT2D eigenvalue weighted by atomic mass is 9.94. The Morgan fingerprint density at radius 2 is 2.30 bits per heavy atom. The second-order valence-corrected chi connectivity index (χ2v) is 5.60. The van der Waals surface area contributed by atoms with E-state index >= 15 is 0 Å². The van der Waals surface area contributed by atoms with Crippen molar-refractivity contribution in [1.82, 2.24) is 14.9 Å². The highest BCUT2D eigenvalue weighted by Crippen LogP contribution is 2.21. The van der Waals surface area contributed by atoms with Gasteiger partial charge < -0.3 is 15.5 Å². The summed E-state index contributed by atoms with van der Waals surface area (Å²) in [5.41, 5.74) is 0. The average molecular weight is 281 g/mol. The summed E-state index contributed by atoms with van der Waals surface area (Å²) < 4.78 is 13.8. The summed E-state index contributed by atoms with van der Waals surface area (Å²) in [4.78, 5) is 10.5. The molecule has 0 saturated carbocycles. The monoisotopic (exact) mass is 281 g/mol. The van der Waals surface area contributed by atoms with Crippen molar-refractivity contribution in [2.24, 2.45) is 5.92 Å². The maximum Gasteiger partial charge on any atom is 0.224 e. The van der Waals surface area contributed by atoms with Crippen molar-refractivity contribution in [3.05, 3.63) is 12.0 Å². The first-order valence-corrected chi connectivity index (χ1v) is 7.31. The van der Waals surface area contributed by atoms with E-state index in [4.69, 9.17) is 0 Å². The molecule has 2 N–H and O–H groups in total. The van der Waals surface area contributed by atoms with Crippen LogP contribution in [-0.4, -0.2) is 47.6 Å². The molecule has 2 rings (SSSR count). The van der Waals surface area contributed by atoms with Crippen molar-refractivity contribution in [2.75, 3.05) is 37.3 Å². The molecule has 0 bridgehead atoms. The Hall–Kier alpha value is -1.43. The molecule has 20 heavy (non-hydrogen) atoms. The minimum Gasteiger partial charge on any atom is -0.364 e. The minimum atomic E-state index is -0.391. The molecule has 1 fully saturated rings. The zero-order valence-electron chi connectivity index (χ0n) is 12.5. The molecule has 2 unspecified atom stereocenters. The standard InChI is InChI=1S/C14H24FN5/c1-4-6-16-14-17-8-11(15)13(19-14)18-12-5-7-20(3)9-10(12)2/h8,10,12H,4-7,9H2,1-3H3,(H2,16,17,18,19). The van der Waals surface area contributed by atoms with Crippen LogP contribution in [-0.2, 0) is 0 Å². The van der Waals surface area contributed by atoms with Crippen LogP contribution in [0.1, 0.15) is 26.7 Å². The molecule has 1 aliphatic rings. The van der Waals surface area contributed by atoms with Crippen LogP contribution in [0.15, 0.2) is 6.20 Å². The number of hydrogen-bond donors (Lipinski definition) is 2. The number of rotatable bonds is 5. The van der Waals surface area contributed by atoms with E-state index in [1.165, 1.54) is 6.20 Å². The molecule has 112 valence electrons. The van der Waals surface area contributed by atoms with Crippen LogP contribution < -0.4 is 10.6 Å². The Morgan fingerprint density at radius 1 is 1.50 bits per heavy atom. The number of aromatic nitrogens is 2. The number of halogens is 1. The highest BCUT2D eigenvalue weighted by Gasteiger charge is 2.25. The smallest absolute Gasteiger partial charge is 0.224 e. The van der Waals surface area contributed by atoms with E-state index in [0.717, 1.165) is 32.5 Å². The van der Waals surface area contributed by atoms with Crippen LogP contribution in [0.5, 0.6) is 0 Å². The van der Waals surface area contributed by atoms with Gasteiger partial charge in [0.25, 0.3) is 0 Å². The fourth-order valence-electron chi connectivity index (χ4n) is 2.53. The van der Waals surface area contributed by atoms with E-state index in [2.05, 4.69) is 46.4 Å². The number of hydrogen-bond acceptors (Lipinski definition) is 5. The Bertz CT molecular complexity index is 440. The van der Waals surface area contributed by atoms with Crippen LogP contribution in [0.3, 0.4) is 0 Å². The van der Waals surface area contributed by atoms with Gasteiger partial charge in [-0.2, -0.15) is 4.98 Å².